The molecule has 2 fully saturated rings. The van der Waals surface area contributed by atoms with Gasteiger partial charge in [-0.25, -0.2) is 9.78 Å². The lowest BCUT2D eigenvalue weighted by molar-refractivity contribution is -0.119. The molecule has 3 heterocycles. The van der Waals surface area contributed by atoms with Gasteiger partial charge in [-0.2, -0.15) is 0 Å². The number of piperazine rings is 1. The zero-order valence-corrected chi connectivity index (χ0v) is 16.3. The van der Waals surface area contributed by atoms with Crippen molar-refractivity contribution in [3.63, 3.8) is 0 Å². The topological polar surface area (TPSA) is 77.6 Å². The molecule has 2 N–H and O–H groups in total. The molecule has 148 valence electrons. The first kappa shape index (κ1) is 19.0. The summed E-state index contributed by atoms with van der Waals surface area (Å²) in [6.45, 7) is 7.40. The number of hydrogen-bond acceptors (Lipinski definition) is 5. The molecule has 1 atom stereocenters. The lowest BCUT2D eigenvalue weighted by Gasteiger charge is -2.34. The molecule has 7 nitrogen and oxygen atoms in total. The number of urea groups is 1. The van der Waals surface area contributed by atoms with E-state index in [1.54, 1.807) is 0 Å². The number of rotatable bonds is 3. The molecule has 0 aliphatic carbocycles. The number of imide groups is 1. The van der Waals surface area contributed by atoms with E-state index < -0.39 is 18.0 Å². The van der Waals surface area contributed by atoms with Crippen LogP contribution in [0.5, 0.6) is 0 Å². The summed E-state index contributed by atoms with van der Waals surface area (Å²) in [5.41, 5.74) is 2.70. The average Bonchev–Trinajstić information content (AvgIpc) is 3.09. The zero-order chi connectivity index (χ0) is 20.2. The molecule has 4 rings (SSSR count). The highest BCUT2D eigenvalue weighted by atomic mass is 16.2. The number of carbonyl (C=O) groups excluding carboxylic acids is 2. The van der Waals surface area contributed by atoms with Crippen LogP contribution in [0, 0.1) is 11.8 Å². The van der Waals surface area contributed by atoms with E-state index in [2.05, 4.69) is 45.3 Å². The molecule has 29 heavy (non-hydrogen) atoms. The van der Waals surface area contributed by atoms with Crippen LogP contribution in [0.3, 0.4) is 0 Å². The van der Waals surface area contributed by atoms with Crippen LogP contribution >= 0.6 is 0 Å². The quantitative estimate of drug-likeness (QED) is 0.614. The Bertz CT molecular complexity index is 969. The second-order valence-electron chi connectivity index (χ2n) is 7.04. The number of likely N-dealkylation sites (N-methyl/N-ethyl adjacent to an activating group) is 1. The van der Waals surface area contributed by atoms with Crippen molar-refractivity contribution in [1.29, 1.82) is 0 Å². The van der Waals surface area contributed by atoms with Gasteiger partial charge in [0.25, 0.3) is 5.91 Å². The van der Waals surface area contributed by atoms with Crippen LogP contribution in [-0.4, -0.2) is 60.6 Å². The molecule has 0 saturated carbocycles. The second kappa shape index (κ2) is 8.33. The van der Waals surface area contributed by atoms with Crippen LogP contribution in [0.2, 0.25) is 0 Å². The van der Waals surface area contributed by atoms with Crippen LogP contribution in [0.4, 0.5) is 10.6 Å². The molecule has 2 aromatic rings. The minimum absolute atomic E-state index is 0.417. The lowest BCUT2D eigenvalue weighted by Crippen LogP contribution is -2.46. The van der Waals surface area contributed by atoms with Crippen molar-refractivity contribution in [2.45, 2.75) is 13.0 Å². The first-order valence-corrected chi connectivity index (χ1v) is 9.80. The average molecular weight is 389 g/mol. The molecule has 2 aliphatic rings. The number of anilines is 1. The summed E-state index contributed by atoms with van der Waals surface area (Å²) in [6, 6.07) is 12.5. The minimum Gasteiger partial charge on any atom is -0.354 e. The summed E-state index contributed by atoms with van der Waals surface area (Å²) in [7, 11) is 0. The van der Waals surface area contributed by atoms with Gasteiger partial charge in [-0.3, -0.25) is 10.1 Å². The van der Waals surface area contributed by atoms with Crippen LogP contribution in [-0.2, 0) is 4.79 Å². The van der Waals surface area contributed by atoms with E-state index in [0.717, 1.165) is 55.4 Å². The van der Waals surface area contributed by atoms with Gasteiger partial charge in [0, 0.05) is 37.3 Å². The molecular weight excluding hydrogens is 366 g/mol. The Morgan fingerprint density at radius 2 is 1.83 bits per heavy atom. The normalized spacial score (nSPS) is 19.3. The molecule has 0 bridgehead atoms. The Morgan fingerprint density at radius 1 is 1.07 bits per heavy atom. The number of aromatic nitrogens is 1. The van der Waals surface area contributed by atoms with Gasteiger partial charge >= 0.3 is 6.03 Å². The Hall–Kier alpha value is -3.37. The standard InChI is InChI=1S/C22H23N5O2/c1-2-26-12-14-27(15-13-26)20-5-3-4-18(23-20)17-9-6-16(7-10-17)8-11-19-21(28)25-22(29)24-19/h3-7,9-10,19H,2,12-15H2,1H3,(H2,24,25,28,29). The molecule has 1 unspecified atom stereocenters. The number of hydrogen-bond donors (Lipinski definition) is 2. The minimum atomic E-state index is -0.798. The van der Waals surface area contributed by atoms with Crippen LogP contribution in [0.25, 0.3) is 11.3 Å². The number of nitrogens with zero attached hydrogens (tertiary/aromatic N) is 3. The second-order valence-corrected chi connectivity index (χ2v) is 7.04. The predicted molar refractivity (Wildman–Crippen MR) is 111 cm³/mol. The number of benzene rings is 1. The van der Waals surface area contributed by atoms with Crippen molar-refractivity contribution in [2.75, 3.05) is 37.6 Å². The van der Waals surface area contributed by atoms with Crippen molar-refractivity contribution in [1.82, 2.24) is 20.5 Å². The molecule has 2 aliphatic heterocycles. The SMILES string of the molecule is CCN1CCN(c2cccc(-c3ccc(C#CC4NC(=O)NC4=O)cc3)n2)CC1. The Kier molecular flexibility index (Phi) is 5.45. The number of nitrogens with one attached hydrogen (secondary N) is 2. The maximum atomic E-state index is 11.5. The summed E-state index contributed by atoms with van der Waals surface area (Å²) >= 11 is 0. The highest BCUT2D eigenvalue weighted by molar-refractivity contribution is 6.05. The fourth-order valence-electron chi connectivity index (χ4n) is 3.45. The molecule has 1 aromatic carbocycles. The zero-order valence-electron chi connectivity index (χ0n) is 16.3. The van der Waals surface area contributed by atoms with E-state index in [-0.39, 0.29) is 0 Å². The predicted octanol–water partition coefficient (Wildman–Crippen LogP) is 1.45. The first-order valence-electron chi connectivity index (χ1n) is 9.80. The largest absolute Gasteiger partial charge is 0.354 e. The van der Waals surface area contributed by atoms with Gasteiger partial charge in [0.05, 0.1) is 5.69 Å². The van der Waals surface area contributed by atoms with Crippen molar-refractivity contribution in [3.05, 3.63) is 48.0 Å². The molecule has 0 spiro atoms. The van der Waals surface area contributed by atoms with Crippen molar-refractivity contribution < 1.29 is 9.59 Å². The summed E-state index contributed by atoms with van der Waals surface area (Å²) in [4.78, 5) is 32.3. The monoisotopic (exact) mass is 389 g/mol. The first-order chi connectivity index (χ1) is 14.1. The smallest absolute Gasteiger partial charge is 0.322 e. The van der Waals surface area contributed by atoms with E-state index in [4.69, 9.17) is 4.98 Å². The Morgan fingerprint density at radius 3 is 2.48 bits per heavy atom. The highest BCUT2D eigenvalue weighted by Gasteiger charge is 2.27. The Labute approximate surface area is 170 Å². The van der Waals surface area contributed by atoms with Gasteiger partial charge in [-0.05, 0) is 30.8 Å². The molecule has 0 radical (unpaired) electrons. The van der Waals surface area contributed by atoms with Gasteiger partial charge in [-0.15, -0.1) is 0 Å². The van der Waals surface area contributed by atoms with E-state index >= 15 is 0 Å². The molecule has 3 amide bonds. The maximum absolute atomic E-state index is 11.5. The highest BCUT2D eigenvalue weighted by Crippen LogP contribution is 2.22. The summed E-state index contributed by atoms with van der Waals surface area (Å²) in [6.07, 6.45) is 0. The molecular formula is C22H23N5O2. The Balaban J connectivity index is 1.46. The van der Waals surface area contributed by atoms with Gasteiger partial charge in [-0.1, -0.05) is 37.0 Å². The number of amides is 3. The maximum Gasteiger partial charge on any atom is 0.322 e. The fraction of sp³-hybridized carbons (Fsp3) is 0.318. The number of carbonyl (C=O) groups is 2. The van der Waals surface area contributed by atoms with Crippen molar-refractivity contribution >= 4 is 17.8 Å². The van der Waals surface area contributed by atoms with Gasteiger partial charge in [0.15, 0.2) is 6.04 Å². The fourth-order valence-corrected chi connectivity index (χ4v) is 3.45. The van der Waals surface area contributed by atoms with E-state index in [1.165, 1.54) is 0 Å². The summed E-state index contributed by atoms with van der Waals surface area (Å²) in [5, 5.41) is 4.63. The van der Waals surface area contributed by atoms with Crippen LogP contribution in [0.15, 0.2) is 42.5 Å². The third-order valence-corrected chi connectivity index (χ3v) is 5.19. The third kappa shape index (κ3) is 4.39. The van der Waals surface area contributed by atoms with Gasteiger partial charge < -0.3 is 15.1 Å². The van der Waals surface area contributed by atoms with Crippen molar-refractivity contribution in [2.24, 2.45) is 0 Å². The lowest BCUT2D eigenvalue weighted by atomic mass is 10.1. The van der Waals surface area contributed by atoms with Crippen molar-refractivity contribution in [3.8, 4) is 23.1 Å². The van der Waals surface area contributed by atoms with Gasteiger partial charge in [0.2, 0.25) is 0 Å². The van der Waals surface area contributed by atoms with Crippen LogP contribution in [0.1, 0.15) is 12.5 Å². The molecule has 7 heteroatoms. The van der Waals surface area contributed by atoms with E-state index in [9.17, 15) is 9.59 Å². The summed E-state index contributed by atoms with van der Waals surface area (Å²) in [5.74, 6) is 6.30. The van der Waals surface area contributed by atoms with E-state index in [1.807, 2.05) is 36.4 Å². The van der Waals surface area contributed by atoms with Crippen LogP contribution < -0.4 is 15.5 Å². The molecule has 1 aromatic heterocycles. The summed E-state index contributed by atoms with van der Waals surface area (Å²) < 4.78 is 0. The molecule has 2 saturated heterocycles. The third-order valence-electron chi connectivity index (χ3n) is 5.19. The van der Waals surface area contributed by atoms with Gasteiger partial charge in [0.1, 0.15) is 5.82 Å². The number of pyridine rings is 1. The van der Waals surface area contributed by atoms with E-state index in [0.29, 0.717) is 0 Å².